The molecule has 0 heterocycles. The number of halogens is 2. The minimum atomic E-state index is 0.660. The maximum atomic E-state index is 2.37. The summed E-state index contributed by atoms with van der Waals surface area (Å²) >= 11 is 4.73. The van der Waals surface area contributed by atoms with Gasteiger partial charge in [-0.2, -0.15) is 0 Å². The lowest BCUT2D eigenvalue weighted by molar-refractivity contribution is 0.323. The van der Waals surface area contributed by atoms with Crippen molar-refractivity contribution in [2.75, 3.05) is 14.1 Å². The van der Waals surface area contributed by atoms with Gasteiger partial charge in [0.1, 0.15) is 0 Å². The summed E-state index contributed by atoms with van der Waals surface area (Å²) in [6, 6.07) is 1.37. The molecular formula is C8H18I2N2. The van der Waals surface area contributed by atoms with Gasteiger partial charge in [-0.1, -0.05) is 6.92 Å². The minimum Gasteiger partial charge on any atom is -0.248 e. The van der Waals surface area contributed by atoms with Gasteiger partial charge in [0.05, 0.1) is 0 Å². The Hall–Kier alpha value is 1.38. The molecule has 0 aromatic carbocycles. The quantitative estimate of drug-likeness (QED) is 0.521. The summed E-state index contributed by atoms with van der Waals surface area (Å²) in [6.45, 7) is 4.52. The van der Waals surface area contributed by atoms with Gasteiger partial charge >= 0.3 is 0 Å². The summed E-state index contributed by atoms with van der Waals surface area (Å²) in [5.41, 5.74) is 0. The molecule has 0 aromatic heterocycles. The molecule has 2 atom stereocenters. The second-order valence-corrected chi connectivity index (χ2v) is 6.24. The van der Waals surface area contributed by atoms with Crippen molar-refractivity contribution in [1.82, 2.24) is 6.23 Å². The average molecular weight is 396 g/mol. The zero-order valence-corrected chi connectivity index (χ0v) is 12.5. The maximum Gasteiger partial charge on any atom is 0.0203 e. The molecule has 2 nitrogen and oxygen atoms in total. The van der Waals surface area contributed by atoms with Crippen molar-refractivity contribution in [3.8, 4) is 0 Å². The third-order valence-electron chi connectivity index (χ3n) is 2.19. The molecule has 0 aliphatic heterocycles. The van der Waals surface area contributed by atoms with E-state index >= 15 is 0 Å². The first-order chi connectivity index (χ1) is 5.49. The third kappa shape index (κ3) is 5.18. The van der Waals surface area contributed by atoms with Gasteiger partial charge in [-0.15, -0.1) is 0 Å². The summed E-state index contributed by atoms with van der Waals surface area (Å²) in [5, 5.41) is 0. The third-order valence-corrected chi connectivity index (χ3v) is 3.93. The highest BCUT2D eigenvalue weighted by molar-refractivity contribution is 14.1. The Bertz CT molecular complexity index is 118. The van der Waals surface area contributed by atoms with Gasteiger partial charge in [-0.3, -0.25) is 0 Å². The maximum absolute atomic E-state index is 2.37. The van der Waals surface area contributed by atoms with Gasteiger partial charge in [0.2, 0.25) is 0 Å². The van der Waals surface area contributed by atoms with E-state index in [1.165, 1.54) is 12.8 Å². The largest absolute Gasteiger partial charge is 0.248 e. The van der Waals surface area contributed by atoms with Gasteiger partial charge in [-0.25, -0.2) is 6.23 Å². The van der Waals surface area contributed by atoms with E-state index in [1.54, 1.807) is 0 Å². The topological polar surface area (TPSA) is 6.48 Å². The van der Waals surface area contributed by atoms with Crippen LogP contribution in [0.4, 0.5) is 0 Å². The van der Waals surface area contributed by atoms with Crippen LogP contribution in [0.5, 0.6) is 0 Å². The molecule has 0 rings (SSSR count). The number of rotatable bonds is 5. The van der Waals surface area contributed by atoms with Crippen molar-refractivity contribution in [2.45, 2.75) is 38.8 Å². The molecule has 0 amide bonds. The lowest BCUT2D eigenvalue weighted by Crippen LogP contribution is -2.31. The molecule has 0 spiro atoms. The van der Waals surface area contributed by atoms with Crippen LogP contribution in [0.1, 0.15) is 26.7 Å². The molecule has 12 heavy (non-hydrogen) atoms. The van der Waals surface area contributed by atoms with Crippen LogP contribution in [0.25, 0.3) is 0 Å². The molecule has 0 aliphatic rings. The number of nitrogens with zero attached hydrogens (tertiary/aromatic N) is 2. The second-order valence-electron chi connectivity index (χ2n) is 3.20. The van der Waals surface area contributed by atoms with E-state index in [0.717, 1.165) is 0 Å². The van der Waals surface area contributed by atoms with E-state index in [0.29, 0.717) is 12.1 Å². The van der Waals surface area contributed by atoms with Gasteiger partial charge < -0.3 is 0 Å². The fourth-order valence-corrected chi connectivity index (χ4v) is 1.95. The Morgan fingerprint density at radius 3 is 1.92 bits per heavy atom. The molecule has 0 saturated carbocycles. The monoisotopic (exact) mass is 396 g/mol. The Morgan fingerprint density at radius 1 is 1.17 bits per heavy atom. The van der Waals surface area contributed by atoms with Crippen LogP contribution in [-0.4, -0.2) is 32.4 Å². The molecule has 0 N–H and O–H groups in total. The fourth-order valence-electron chi connectivity index (χ4n) is 1.10. The highest BCUT2D eigenvalue weighted by atomic mass is 127. The summed E-state index contributed by atoms with van der Waals surface area (Å²) in [7, 11) is 4.28. The molecule has 0 radical (unpaired) electrons. The molecule has 0 fully saturated rings. The van der Waals surface area contributed by atoms with E-state index in [9.17, 15) is 0 Å². The van der Waals surface area contributed by atoms with E-state index in [-0.39, 0.29) is 0 Å². The molecule has 0 bridgehead atoms. The zero-order valence-electron chi connectivity index (χ0n) is 8.22. The van der Waals surface area contributed by atoms with E-state index in [4.69, 9.17) is 0 Å². The molecule has 0 saturated heterocycles. The second kappa shape index (κ2) is 6.78. The Balaban J connectivity index is 3.85. The van der Waals surface area contributed by atoms with Crippen molar-refractivity contribution in [2.24, 2.45) is 0 Å². The van der Waals surface area contributed by atoms with Gasteiger partial charge in [0.25, 0.3) is 0 Å². The molecule has 0 aromatic rings. The number of hydrogen-bond donors (Lipinski definition) is 0. The predicted octanol–water partition coefficient (Wildman–Crippen LogP) is 3.11. The fraction of sp³-hybridized carbons (Fsp3) is 1.00. The van der Waals surface area contributed by atoms with Crippen molar-refractivity contribution < 1.29 is 0 Å². The Kier molecular flexibility index (Phi) is 7.56. The van der Waals surface area contributed by atoms with Crippen LogP contribution in [0.15, 0.2) is 0 Å². The van der Waals surface area contributed by atoms with Crippen LogP contribution in [0.3, 0.4) is 0 Å². The summed E-state index contributed by atoms with van der Waals surface area (Å²) < 4.78 is 4.54. The highest BCUT2D eigenvalue weighted by Crippen LogP contribution is 2.17. The first-order valence-electron chi connectivity index (χ1n) is 4.26. The first kappa shape index (κ1) is 13.4. The van der Waals surface area contributed by atoms with Gasteiger partial charge in [-0.05, 0) is 33.9 Å². The van der Waals surface area contributed by atoms with Crippen LogP contribution in [-0.2, 0) is 0 Å². The lowest BCUT2D eigenvalue weighted by Gasteiger charge is -2.26. The number of hydrogen-bond acceptors (Lipinski definition) is 2. The van der Waals surface area contributed by atoms with Crippen LogP contribution < -0.4 is 0 Å². The average Bonchev–Trinajstić information content (AvgIpc) is 1.98. The Morgan fingerprint density at radius 2 is 1.67 bits per heavy atom. The van der Waals surface area contributed by atoms with E-state index in [1.807, 2.05) is 0 Å². The molecule has 2 unspecified atom stereocenters. The van der Waals surface area contributed by atoms with Crippen molar-refractivity contribution >= 4 is 45.7 Å². The summed E-state index contributed by atoms with van der Waals surface area (Å²) in [4.78, 5) is 0. The SMILES string of the molecule is CCC(CC(C)N(C)I)N(C)I. The molecule has 74 valence electrons. The highest BCUT2D eigenvalue weighted by Gasteiger charge is 2.15. The standard InChI is InChI=1S/C8H18I2N2/c1-5-8(12(4)10)6-7(2)11(3)9/h7-8H,5-6H2,1-4H3. The smallest absolute Gasteiger partial charge is 0.0203 e. The zero-order chi connectivity index (χ0) is 9.72. The molecule has 0 aliphatic carbocycles. The van der Waals surface area contributed by atoms with Crippen LogP contribution >= 0.6 is 45.7 Å². The summed E-state index contributed by atoms with van der Waals surface area (Å²) in [6.07, 6.45) is 2.48. The van der Waals surface area contributed by atoms with Gasteiger partial charge in [0, 0.05) is 57.8 Å². The Labute approximate surface area is 104 Å². The van der Waals surface area contributed by atoms with E-state index < -0.39 is 0 Å². The first-order valence-corrected chi connectivity index (χ1v) is 6.19. The molecular weight excluding hydrogens is 378 g/mol. The lowest BCUT2D eigenvalue weighted by atomic mass is 10.1. The summed E-state index contributed by atoms with van der Waals surface area (Å²) in [5.74, 6) is 0. The van der Waals surface area contributed by atoms with Crippen molar-refractivity contribution in [3.63, 3.8) is 0 Å². The normalized spacial score (nSPS) is 17.0. The van der Waals surface area contributed by atoms with Crippen LogP contribution in [0, 0.1) is 0 Å². The van der Waals surface area contributed by atoms with E-state index in [2.05, 4.69) is 79.9 Å². The van der Waals surface area contributed by atoms with Gasteiger partial charge in [0.15, 0.2) is 0 Å². The van der Waals surface area contributed by atoms with Crippen molar-refractivity contribution in [1.29, 1.82) is 0 Å². The minimum absolute atomic E-state index is 0.660. The van der Waals surface area contributed by atoms with Crippen molar-refractivity contribution in [3.05, 3.63) is 0 Å². The van der Waals surface area contributed by atoms with Crippen LogP contribution in [0.2, 0.25) is 0 Å². The predicted molar refractivity (Wildman–Crippen MR) is 71.7 cm³/mol. The molecule has 4 heteroatoms.